The fraction of sp³-hybridized carbons (Fsp3) is 0.500. The van der Waals surface area contributed by atoms with Crippen LogP contribution in [0, 0.1) is 12.8 Å². The highest BCUT2D eigenvalue weighted by molar-refractivity contribution is 7.99. The molecule has 2 aliphatic rings. The Labute approximate surface area is 202 Å². The normalized spacial score (nSPS) is 20.9. The number of hydrogen-bond acceptors (Lipinski definition) is 7. The van der Waals surface area contributed by atoms with Gasteiger partial charge in [-0.25, -0.2) is 4.98 Å². The predicted octanol–water partition coefficient (Wildman–Crippen LogP) is 4.78. The number of rotatable bonds is 7. The minimum atomic E-state index is 0.535. The van der Waals surface area contributed by atoms with Gasteiger partial charge in [0.1, 0.15) is 0 Å². The van der Waals surface area contributed by atoms with Gasteiger partial charge in [0.25, 0.3) is 0 Å². The number of oxazole rings is 1. The van der Waals surface area contributed by atoms with Gasteiger partial charge in [0.05, 0.1) is 16.4 Å². The average molecular weight is 493 g/mol. The second-order valence-corrected chi connectivity index (χ2v) is 10.4. The molecule has 2 aromatic heterocycles. The Morgan fingerprint density at radius 3 is 2.88 bits per heavy atom. The highest BCUT2D eigenvalue weighted by Gasteiger charge is 2.41. The van der Waals surface area contributed by atoms with E-state index in [0.717, 1.165) is 65.7 Å². The number of anilines is 1. The van der Waals surface area contributed by atoms with Crippen molar-refractivity contribution in [1.82, 2.24) is 24.6 Å². The Bertz CT molecular complexity index is 1100. The molecule has 3 aromatic rings. The molecule has 2 unspecified atom stereocenters. The molecule has 0 aliphatic carbocycles. The third-order valence-corrected chi connectivity index (χ3v) is 8.12. The van der Waals surface area contributed by atoms with Gasteiger partial charge in [0.15, 0.2) is 17.3 Å². The summed E-state index contributed by atoms with van der Waals surface area (Å²) in [6.07, 6.45) is 3.77. The van der Waals surface area contributed by atoms with Gasteiger partial charge in [-0.2, -0.15) is 0 Å². The third kappa shape index (κ3) is 4.25. The maximum absolute atomic E-state index is 6.49. The molecule has 2 atom stereocenters. The van der Waals surface area contributed by atoms with Crippen molar-refractivity contribution in [2.75, 3.05) is 36.8 Å². The summed E-state index contributed by atoms with van der Waals surface area (Å²) < 4.78 is 7.44. The molecule has 0 spiro atoms. The average Bonchev–Trinajstić information content (AvgIpc) is 3.51. The zero-order valence-corrected chi connectivity index (χ0v) is 20.5. The van der Waals surface area contributed by atoms with Crippen molar-refractivity contribution in [2.45, 2.75) is 31.0 Å². The van der Waals surface area contributed by atoms with Crippen LogP contribution in [0.1, 0.15) is 18.5 Å². The molecule has 0 saturated carbocycles. The second-order valence-electron chi connectivity index (χ2n) is 8.50. The van der Waals surface area contributed by atoms with Gasteiger partial charge in [-0.1, -0.05) is 35.0 Å². The molecule has 1 aromatic carbocycles. The van der Waals surface area contributed by atoms with Gasteiger partial charge in [-0.05, 0) is 50.4 Å². The molecular weight excluding hydrogens is 467 g/mol. The molecule has 2 saturated heterocycles. The highest BCUT2D eigenvalue weighted by atomic mass is 35.5. The topological polar surface area (TPSA) is 63.2 Å². The Morgan fingerprint density at radius 1 is 1.22 bits per heavy atom. The lowest BCUT2D eigenvalue weighted by atomic mass is 10.1. The first-order valence-corrected chi connectivity index (χ1v) is 12.6. The summed E-state index contributed by atoms with van der Waals surface area (Å²) in [5.74, 6) is 3.11. The zero-order chi connectivity index (χ0) is 22.2. The van der Waals surface area contributed by atoms with Crippen molar-refractivity contribution >= 4 is 40.7 Å². The van der Waals surface area contributed by atoms with Crippen molar-refractivity contribution in [2.24, 2.45) is 13.0 Å². The van der Waals surface area contributed by atoms with Crippen molar-refractivity contribution in [3.8, 4) is 11.6 Å². The lowest BCUT2D eigenvalue weighted by Gasteiger charge is -2.28. The van der Waals surface area contributed by atoms with Crippen LogP contribution in [0.5, 0.6) is 0 Å². The molecule has 0 amide bonds. The van der Waals surface area contributed by atoms with E-state index >= 15 is 0 Å². The van der Waals surface area contributed by atoms with E-state index < -0.39 is 0 Å². The molecule has 32 heavy (non-hydrogen) atoms. The van der Waals surface area contributed by atoms with Crippen LogP contribution in [-0.4, -0.2) is 62.6 Å². The van der Waals surface area contributed by atoms with Crippen LogP contribution in [0.15, 0.2) is 34.2 Å². The van der Waals surface area contributed by atoms with Crippen LogP contribution in [0.25, 0.3) is 11.6 Å². The van der Waals surface area contributed by atoms with Crippen LogP contribution in [0.2, 0.25) is 10.0 Å². The first kappa shape index (κ1) is 22.1. The summed E-state index contributed by atoms with van der Waals surface area (Å²) in [6, 6.07) is 6.37. The summed E-state index contributed by atoms with van der Waals surface area (Å²) in [7, 11) is 1.97. The number of hydrogen-bond donors (Lipinski definition) is 0. The van der Waals surface area contributed by atoms with Gasteiger partial charge in [0, 0.05) is 43.5 Å². The summed E-state index contributed by atoms with van der Waals surface area (Å²) in [6.45, 7) is 6.32. The molecule has 10 heteroatoms. The van der Waals surface area contributed by atoms with E-state index in [4.69, 9.17) is 27.6 Å². The van der Waals surface area contributed by atoms with Crippen molar-refractivity contribution in [3.63, 3.8) is 0 Å². The first-order valence-electron chi connectivity index (χ1n) is 10.9. The van der Waals surface area contributed by atoms with Crippen LogP contribution in [0.3, 0.4) is 0 Å². The van der Waals surface area contributed by atoms with Crippen molar-refractivity contribution < 1.29 is 4.42 Å². The minimum Gasteiger partial charge on any atom is -0.440 e. The quantitative estimate of drug-likeness (QED) is 0.347. The number of halogens is 2. The van der Waals surface area contributed by atoms with E-state index in [9.17, 15) is 0 Å². The first-order chi connectivity index (χ1) is 15.5. The summed E-state index contributed by atoms with van der Waals surface area (Å²) >= 11 is 14.3. The number of benzene rings is 1. The van der Waals surface area contributed by atoms with Crippen molar-refractivity contribution in [1.29, 1.82) is 0 Å². The summed E-state index contributed by atoms with van der Waals surface area (Å²) in [4.78, 5) is 9.21. The van der Waals surface area contributed by atoms with E-state index in [1.807, 2.05) is 30.7 Å². The van der Waals surface area contributed by atoms with E-state index in [-0.39, 0.29) is 0 Å². The Morgan fingerprint density at radius 2 is 2.09 bits per heavy atom. The number of aromatic nitrogens is 4. The number of thioether (sulfide) groups is 1. The standard InChI is InChI=1S/C22H26Cl2N6OS/c1-14-20(31-13-25-14)21-26-27-22(28(21)2)32-9-3-7-29-11-15-6-8-30(19(15)12-29)18-5-4-16(23)10-17(18)24/h4-5,10,13,15,19H,3,6-9,11-12H2,1-2H3. The molecule has 170 valence electrons. The SMILES string of the molecule is Cc1ncoc1-c1nnc(SCCCN2CC3CCN(c4ccc(Cl)cc4Cl)C3C2)n1C. The maximum atomic E-state index is 6.49. The van der Waals surface area contributed by atoms with Crippen molar-refractivity contribution in [3.05, 3.63) is 40.3 Å². The largest absolute Gasteiger partial charge is 0.440 e. The number of fused-ring (bicyclic) bond motifs is 1. The fourth-order valence-corrected chi connectivity index (χ4v) is 6.20. The lowest BCUT2D eigenvalue weighted by molar-refractivity contribution is 0.319. The predicted molar refractivity (Wildman–Crippen MR) is 129 cm³/mol. The van der Waals surface area contributed by atoms with E-state index in [1.54, 1.807) is 11.8 Å². The number of aryl methyl sites for hydroxylation is 1. The van der Waals surface area contributed by atoms with Gasteiger partial charge in [-0.3, -0.25) is 0 Å². The number of likely N-dealkylation sites (tertiary alicyclic amines) is 1. The molecule has 7 nitrogen and oxygen atoms in total. The van der Waals surface area contributed by atoms with Gasteiger partial charge >= 0.3 is 0 Å². The molecule has 0 radical (unpaired) electrons. The van der Waals surface area contributed by atoms with E-state index in [2.05, 4.69) is 31.0 Å². The summed E-state index contributed by atoms with van der Waals surface area (Å²) in [5, 5.41) is 11.0. The van der Waals surface area contributed by atoms with Gasteiger partial charge in [0.2, 0.25) is 5.82 Å². The molecule has 0 bridgehead atoms. The minimum absolute atomic E-state index is 0.535. The monoisotopic (exact) mass is 492 g/mol. The van der Waals surface area contributed by atoms with E-state index in [1.165, 1.54) is 12.8 Å². The molecule has 2 fully saturated rings. The highest BCUT2D eigenvalue weighted by Crippen LogP contribution is 2.39. The molecular formula is C22H26Cl2N6OS. The Kier molecular flexibility index (Phi) is 6.38. The number of nitrogens with zero attached hydrogens (tertiary/aromatic N) is 6. The second kappa shape index (κ2) is 9.25. The maximum Gasteiger partial charge on any atom is 0.202 e. The molecule has 2 aliphatic heterocycles. The molecule has 5 rings (SSSR count). The van der Waals surface area contributed by atoms with Crippen LogP contribution >= 0.6 is 35.0 Å². The van der Waals surface area contributed by atoms with E-state index in [0.29, 0.717) is 22.7 Å². The molecule has 4 heterocycles. The van der Waals surface area contributed by atoms with Gasteiger partial charge in [-0.15, -0.1) is 10.2 Å². The Balaban J connectivity index is 1.13. The van der Waals surface area contributed by atoms with Crippen LogP contribution < -0.4 is 4.90 Å². The third-order valence-electron chi connectivity index (χ3n) is 6.48. The molecule has 0 N–H and O–H groups in total. The zero-order valence-electron chi connectivity index (χ0n) is 18.2. The lowest BCUT2D eigenvalue weighted by Crippen LogP contribution is -2.35. The fourth-order valence-electron chi connectivity index (χ4n) is 4.85. The van der Waals surface area contributed by atoms with Gasteiger partial charge < -0.3 is 18.8 Å². The Hall–Kier alpha value is -1.74. The van der Waals surface area contributed by atoms with Crippen LogP contribution in [0.4, 0.5) is 5.69 Å². The van der Waals surface area contributed by atoms with Crippen LogP contribution in [-0.2, 0) is 7.05 Å². The smallest absolute Gasteiger partial charge is 0.202 e. The summed E-state index contributed by atoms with van der Waals surface area (Å²) in [5.41, 5.74) is 1.94.